The molecule has 0 radical (unpaired) electrons. The van der Waals surface area contributed by atoms with Gasteiger partial charge in [-0.05, 0) is 31.4 Å². The molecule has 0 saturated carbocycles. The van der Waals surface area contributed by atoms with Crippen molar-refractivity contribution in [3.8, 4) is 0 Å². The predicted molar refractivity (Wildman–Crippen MR) is 85.5 cm³/mol. The van der Waals surface area contributed by atoms with Gasteiger partial charge >= 0.3 is 0 Å². The zero-order valence-corrected chi connectivity index (χ0v) is 12.5. The third kappa shape index (κ3) is 2.45. The molecule has 2 aromatic rings. The molecule has 1 aromatic carbocycles. The maximum absolute atomic E-state index is 4.77. The van der Waals surface area contributed by atoms with Gasteiger partial charge in [-0.3, -0.25) is 4.99 Å². The first kappa shape index (κ1) is 13.2. The molecule has 3 nitrogen and oxygen atoms in total. The Bertz CT molecular complexity index is 624. The maximum atomic E-state index is 4.77. The van der Waals surface area contributed by atoms with Gasteiger partial charge < -0.3 is 9.47 Å². The lowest BCUT2D eigenvalue weighted by molar-refractivity contribution is 0.547. The topological polar surface area (TPSA) is 20.5 Å². The molecule has 0 N–H and O–H groups in total. The van der Waals surface area contributed by atoms with Crippen LogP contribution in [0.15, 0.2) is 35.5 Å². The van der Waals surface area contributed by atoms with Crippen molar-refractivity contribution in [2.45, 2.75) is 32.7 Å². The third-order valence-corrected chi connectivity index (χ3v) is 4.22. The first-order chi connectivity index (χ1) is 9.79. The van der Waals surface area contributed by atoms with Crippen molar-refractivity contribution in [2.75, 3.05) is 20.1 Å². The summed E-state index contributed by atoms with van der Waals surface area (Å²) < 4.78 is 2.33. The summed E-state index contributed by atoms with van der Waals surface area (Å²) in [6, 6.07) is 8.68. The van der Waals surface area contributed by atoms with Crippen molar-refractivity contribution >= 4 is 16.7 Å². The molecule has 3 rings (SSSR count). The van der Waals surface area contributed by atoms with E-state index in [0.717, 1.165) is 32.5 Å². The van der Waals surface area contributed by atoms with Gasteiger partial charge in [-0.15, -0.1) is 0 Å². The summed E-state index contributed by atoms with van der Waals surface area (Å²) in [4.78, 5) is 7.06. The summed E-state index contributed by atoms with van der Waals surface area (Å²) in [5.74, 6) is 1.28. The van der Waals surface area contributed by atoms with Crippen molar-refractivity contribution in [3.63, 3.8) is 0 Å². The van der Waals surface area contributed by atoms with Gasteiger partial charge in [0.2, 0.25) is 0 Å². The van der Waals surface area contributed by atoms with Crippen molar-refractivity contribution in [2.24, 2.45) is 4.99 Å². The van der Waals surface area contributed by atoms with Crippen LogP contribution in [0.25, 0.3) is 10.9 Å². The lowest BCUT2D eigenvalue weighted by Gasteiger charge is -2.10. The molecule has 0 aliphatic carbocycles. The van der Waals surface area contributed by atoms with Gasteiger partial charge in [-0.1, -0.05) is 18.2 Å². The number of para-hydroxylation sites is 1. The van der Waals surface area contributed by atoms with E-state index in [1.807, 2.05) is 0 Å². The summed E-state index contributed by atoms with van der Waals surface area (Å²) in [7, 11) is 2.15. The molecule has 1 aromatic heterocycles. The van der Waals surface area contributed by atoms with E-state index in [-0.39, 0.29) is 0 Å². The molecule has 0 amide bonds. The minimum atomic E-state index is 0.900. The fourth-order valence-corrected chi connectivity index (χ4v) is 3.08. The standard InChI is InChI=1S/C17H23N3/c1-3-20-13-14(15-7-4-5-8-16(15)20)10-11-18-17-9-6-12-19(17)2/h4-5,7-8,13H,3,6,9-12H2,1-2H3. The Balaban J connectivity index is 1.78. The number of hydrogen-bond donors (Lipinski definition) is 0. The number of amidine groups is 1. The van der Waals surface area contributed by atoms with E-state index in [1.54, 1.807) is 0 Å². The maximum Gasteiger partial charge on any atom is 0.0987 e. The number of aromatic nitrogens is 1. The summed E-state index contributed by atoms with van der Waals surface area (Å²) in [5.41, 5.74) is 2.77. The second-order valence-corrected chi connectivity index (χ2v) is 5.53. The molecule has 2 heterocycles. The van der Waals surface area contributed by atoms with Crippen LogP contribution in [0.2, 0.25) is 0 Å². The van der Waals surface area contributed by atoms with Crippen molar-refractivity contribution < 1.29 is 0 Å². The molecule has 0 atom stereocenters. The molecular weight excluding hydrogens is 246 g/mol. The minimum Gasteiger partial charge on any atom is -0.363 e. The van der Waals surface area contributed by atoms with Crippen LogP contribution in [0.1, 0.15) is 25.3 Å². The number of likely N-dealkylation sites (tertiary alicyclic amines) is 1. The van der Waals surface area contributed by atoms with E-state index in [1.165, 1.54) is 28.7 Å². The average molecular weight is 269 g/mol. The van der Waals surface area contributed by atoms with Gasteiger partial charge in [0, 0.05) is 50.2 Å². The highest BCUT2D eigenvalue weighted by atomic mass is 15.2. The number of hydrogen-bond acceptors (Lipinski definition) is 1. The SMILES string of the molecule is CCn1cc(CCN=C2CCCN2C)c2ccccc21. The number of aliphatic imine (C=N–C) groups is 1. The van der Waals surface area contributed by atoms with E-state index in [9.17, 15) is 0 Å². The summed E-state index contributed by atoms with van der Waals surface area (Å²) in [6.45, 7) is 5.28. The molecular formula is C17H23N3. The minimum absolute atomic E-state index is 0.900. The Hall–Kier alpha value is -1.77. The molecule has 20 heavy (non-hydrogen) atoms. The Morgan fingerprint density at radius 2 is 2.10 bits per heavy atom. The fourth-order valence-electron chi connectivity index (χ4n) is 3.08. The van der Waals surface area contributed by atoms with E-state index >= 15 is 0 Å². The fraction of sp³-hybridized carbons (Fsp3) is 0.471. The largest absolute Gasteiger partial charge is 0.363 e. The summed E-state index contributed by atoms with van der Waals surface area (Å²) in [6.07, 6.45) is 5.73. The number of nitrogens with zero attached hydrogens (tertiary/aromatic N) is 3. The monoisotopic (exact) mass is 269 g/mol. The van der Waals surface area contributed by atoms with Crippen LogP contribution in [0.4, 0.5) is 0 Å². The van der Waals surface area contributed by atoms with Gasteiger partial charge in [0.05, 0.1) is 5.84 Å². The Morgan fingerprint density at radius 3 is 2.85 bits per heavy atom. The van der Waals surface area contributed by atoms with E-state index in [0.29, 0.717) is 0 Å². The molecule has 0 spiro atoms. The van der Waals surface area contributed by atoms with Crippen molar-refractivity contribution in [1.82, 2.24) is 9.47 Å². The molecule has 0 bridgehead atoms. The molecule has 0 unspecified atom stereocenters. The highest BCUT2D eigenvalue weighted by Gasteiger charge is 2.13. The summed E-state index contributed by atoms with van der Waals surface area (Å²) in [5, 5.41) is 1.38. The van der Waals surface area contributed by atoms with Gasteiger partial charge in [0.15, 0.2) is 0 Å². The zero-order chi connectivity index (χ0) is 13.9. The second-order valence-electron chi connectivity index (χ2n) is 5.53. The Labute approximate surface area is 120 Å². The highest BCUT2D eigenvalue weighted by molar-refractivity contribution is 5.85. The molecule has 3 heteroatoms. The molecule has 1 aliphatic rings. The van der Waals surface area contributed by atoms with Crippen LogP contribution in [-0.4, -0.2) is 35.4 Å². The Kier molecular flexibility index (Phi) is 3.77. The van der Waals surface area contributed by atoms with Crippen molar-refractivity contribution in [1.29, 1.82) is 0 Å². The van der Waals surface area contributed by atoms with Crippen molar-refractivity contribution in [3.05, 3.63) is 36.0 Å². The lowest BCUT2D eigenvalue weighted by Crippen LogP contribution is -2.19. The smallest absolute Gasteiger partial charge is 0.0987 e. The third-order valence-electron chi connectivity index (χ3n) is 4.22. The van der Waals surface area contributed by atoms with Crippen LogP contribution < -0.4 is 0 Å². The molecule has 1 saturated heterocycles. The zero-order valence-electron chi connectivity index (χ0n) is 12.5. The molecule has 106 valence electrons. The first-order valence-corrected chi connectivity index (χ1v) is 7.61. The number of rotatable bonds is 4. The van der Waals surface area contributed by atoms with Gasteiger partial charge in [-0.25, -0.2) is 0 Å². The van der Waals surface area contributed by atoms with Gasteiger partial charge in [0.25, 0.3) is 0 Å². The molecule has 1 fully saturated rings. The van der Waals surface area contributed by atoms with Gasteiger partial charge in [0.1, 0.15) is 0 Å². The quantitative estimate of drug-likeness (QED) is 0.834. The van der Waals surface area contributed by atoms with Crippen LogP contribution in [0.3, 0.4) is 0 Å². The van der Waals surface area contributed by atoms with E-state index in [4.69, 9.17) is 4.99 Å². The normalized spacial score (nSPS) is 17.5. The van der Waals surface area contributed by atoms with Crippen LogP contribution in [0.5, 0.6) is 0 Å². The van der Waals surface area contributed by atoms with Gasteiger partial charge in [-0.2, -0.15) is 0 Å². The van der Waals surface area contributed by atoms with E-state index < -0.39 is 0 Å². The van der Waals surface area contributed by atoms with Crippen LogP contribution in [0, 0.1) is 0 Å². The van der Waals surface area contributed by atoms with E-state index in [2.05, 4.69) is 53.9 Å². The number of benzene rings is 1. The Morgan fingerprint density at radius 1 is 1.25 bits per heavy atom. The van der Waals surface area contributed by atoms with Crippen LogP contribution >= 0.6 is 0 Å². The number of fused-ring (bicyclic) bond motifs is 1. The second kappa shape index (κ2) is 5.70. The predicted octanol–water partition coefficient (Wildman–Crippen LogP) is 3.33. The molecule has 1 aliphatic heterocycles. The summed E-state index contributed by atoms with van der Waals surface area (Å²) >= 11 is 0. The number of aryl methyl sites for hydroxylation is 1. The van der Waals surface area contributed by atoms with Crippen LogP contribution in [-0.2, 0) is 13.0 Å². The average Bonchev–Trinajstić information content (AvgIpc) is 3.04. The highest BCUT2D eigenvalue weighted by Crippen LogP contribution is 2.22. The first-order valence-electron chi connectivity index (χ1n) is 7.61. The lowest BCUT2D eigenvalue weighted by atomic mass is 10.1.